The van der Waals surface area contributed by atoms with Gasteiger partial charge in [-0.3, -0.25) is 4.79 Å². The zero-order chi connectivity index (χ0) is 23.2. The second-order valence-electron chi connectivity index (χ2n) is 7.20. The molecule has 0 heterocycles. The number of carbonyl (C=O) groups excluding carboxylic acids is 1. The molecule has 0 spiro atoms. The lowest BCUT2D eigenvalue weighted by Gasteiger charge is -2.11. The van der Waals surface area contributed by atoms with Crippen LogP contribution in [0.1, 0.15) is 21.5 Å². The Labute approximate surface area is 208 Å². The van der Waals surface area contributed by atoms with E-state index in [9.17, 15) is 4.79 Å². The van der Waals surface area contributed by atoms with E-state index in [1.165, 1.54) is 0 Å². The van der Waals surface area contributed by atoms with Crippen molar-refractivity contribution in [1.82, 2.24) is 5.43 Å². The lowest BCUT2D eigenvalue weighted by Crippen LogP contribution is -2.18. The highest BCUT2D eigenvalue weighted by atomic mass is 79.9. The van der Waals surface area contributed by atoms with Crippen LogP contribution in [0.15, 0.2) is 92.9 Å². The largest absolute Gasteiger partial charge is 0.496 e. The van der Waals surface area contributed by atoms with Crippen LogP contribution in [0.2, 0.25) is 0 Å². The molecule has 0 bridgehead atoms. The van der Waals surface area contributed by atoms with Gasteiger partial charge >= 0.3 is 0 Å². The van der Waals surface area contributed by atoms with E-state index in [1.807, 2.05) is 72.8 Å². The van der Waals surface area contributed by atoms with Crippen LogP contribution in [0.5, 0.6) is 11.5 Å². The van der Waals surface area contributed by atoms with E-state index < -0.39 is 0 Å². The smallest absolute Gasteiger partial charge is 0.275 e. The maximum absolute atomic E-state index is 12.8. The Kier molecular flexibility index (Phi) is 7.42. The minimum Gasteiger partial charge on any atom is -0.496 e. The third kappa shape index (κ3) is 5.80. The summed E-state index contributed by atoms with van der Waals surface area (Å²) in [4.78, 5) is 12.8. The van der Waals surface area contributed by atoms with Gasteiger partial charge in [-0.25, -0.2) is 5.43 Å². The Morgan fingerprint density at radius 3 is 2.33 bits per heavy atom. The fraction of sp³-hybridized carbons (Fsp3) is 0.0769. The van der Waals surface area contributed by atoms with Crippen molar-refractivity contribution in [2.24, 2.45) is 5.10 Å². The summed E-state index contributed by atoms with van der Waals surface area (Å²) < 4.78 is 13.3. The maximum atomic E-state index is 12.8. The molecule has 0 radical (unpaired) electrons. The van der Waals surface area contributed by atoms with Gasteiger partial charge in [0, 0.05) is 14.5 Å². The van der Waals surface area contributed by atoms with Crippen LogP contribution in [-0.4, -0.2) is 19.2 Å². The highest BCUT2D eigenvalue weighted by molar-refractivity contribution is 9.10. The van der Waals surface area contributed by atoms with E-state index in [1.54, 1.807) is 19.4 Å². The average molecular weight is 568 g/mol. The van der Waals surface area contributed by atoms with Gasteiger partial charge in [0.25, 0.3) is 5.91 Å². The number of benzene rings is 4. The highest BCUT2D eigenvalue weighted by Crippen LogP contribution is 2.26. The number of hydrogen-bond acceptors (Lipinski definition) is 4. The fourth-order valence-electron chi connectivity index (χ4n) is 3.28. The van der Waals surface area contributed by atoms with Gasteiger partial charge in [-0.1, -0.05) is 68.3 Å². The minimum absolute atomic E-state index is 0.360. The second kappa shape index (κ2) is 10.6. The van der Waals surface area contributed by atoms with Gasteiger partial charge in [-0.15, -0.1) is 0 Å². The molecule has 4 aromatic rings. The van der Waals surface area contributed by atoms with E-state index in [0.29, 0.717) is 23.7 Å². The first kappa shape index (κ1) is 23.0. The van der Waals surface area contributed by atoms with Crippen molar-refractivity contribution in [3.8, 4) is 11.5 Å². The molecule has 1 amide bonds. The van der Waals surface area contributed by atoms with Crippen LogP contribution in [0.4, 0.5) is 0 Å². The Morgan fingerprint density at radius 1 is 0.909 bits per heavy atom. The van der Waals surface area contributed by atoms with Gasteiger partial charge in [-0.2, -0.15) is 5.10 Å². The van der Waals surface area contributed by atoms with Crippen LogP contribution in [0.25, 0.3) is 10.8 Å². The summed E-state index contributed by atoms with van der Waals surface area (Å²) in [6, 6.07) is 25.0. The topological polar surface area (TPSA) is 59.9 Å². The molecule has 0 saturated heterocycles. The molecule has 4 aromatic carbocycles. The van der Waals surface area contributed by atoms with Crippen LogP contribution < -0.4 is 14.9 Å². The molecule has 33 heavy (non-hydrogen) atoms. The molecular formula is C26H20Br2N2O3. The Bertz CT molecular complexity index is 1320. The molecule has 5 nitrogen and oxygen atoms in total. The number of hydrazone groups is 1. The van der Waals surface area contributed by atoms with E-state index in [0.717, 1.165) is 30.8 Å². The SMILES string of the molecule is COc1cc2ccccc2cc1C(=O)N/N=C\c1cc(Br)ccc1OCc1ccc(Br)cc1. The first-order chi connectivity index (χ1) is 16.0. The quantitative estimate of drug-likeness (QED) is 0.199. The first-order valence-corrected chi connectivity index (χ1v) is 11.7. The number of methoxy groups -OCH3 is 1. The molecule has 0 atom stereocenters. The number of nitrogens with one attached hydrogen (secondary N) is 1. The summed E-state index contributed by atoms with van der Waals surface area (Å²) in [5, 5.41) is 6.10. The second-order valence-corrected chi connectivity index (χ2v) is 9.03. The normalized spacial score (nSPS) is 11.0. The molecule has 7 heteroatoms. The van der Waals surface area contributed by atoms with Crippen molar-refractivity contribution in [3.63, 3.8) is 0 Å². The number of hydrogen-bond donors (Lipinski definition) is 1. The Morgan fingerprint density at radius 2 is 1.61 bits per heavy atom. The standard InChI is InChI=1S/C26H20Br2N2O3/c1-32-25-14-19-5-3-2-4-18(19)13-23(25)26(31)30-29-15-20-12-22(28)10-11-24(20)33-16-17-6-8-21(27)9-7-17/h2-15H,16H2,1H3,(H,30,31)/b29-15-. The van der Waals surface area contributed by atoms with E-state index >= 15 is 0 Å². The van der Waals surface area contributed by atoms with Crippen molar-refractivity contribution in [2.45, 2.75) is 6.61 Å². The third-order valence-electron chi connectivity index (χ3n) is 4.96. The molecule has 0 aliphatic carbocycles. The van der Waals surface area contributed by atoms with Crippen molar-refractivity contribution in [3.05, 3.63) is 104 Å². The number of amides is 1. The first-order valence-electron chi connectivity index (χ1n) is 10.1. The maximum Gasteiger partial charge on any atom is 0.275 e. The van der Waals surface area contributed by atoms with Gasteiger partial charge in [0.2, 0.25) is 0 Å². The summed E-state index contributed by atoms with van der Waals surface area (Å²) in [5.74, 6) is 0.783. The molecule has 4 rings (SSSR count). The molecule has 0 aliphatic rings. The predicted molar refractivity (Wildman–Crippen MR) is 138 cm³/mol. The zero-order valence-corrected chi connectivity index (χ0v) is 20.9. The molecule has 0 fully saturated rings. The molecule has 1 N–H and O–H groups in total. The number of ether oxygens (including phenoxy) is 2. The fourth-order valence-corrected chi connectivity index (χ4v) is 3.92. The summed E-state index contributed by atoms with van der Waals surface area (Å²) in [5.41, 5.74) is 4.77. The van der Waals surface area contributed by atoms with E-state index in [2.05, 4.69) is 42.4 Å². The van der Waals surface area contributed by atoms with Crippen LogP contribution in [0, 0.1) is 0 Å². The molecule has 0 unspecified atom stereocenters. The van der Waals surface area contributed by atoms with Crippen molar-refractivity contribution >= 4 is 54.8 Å². The van der Waals surface area contributed by atoms with Crippen molar-refractivity contribution in [1.29, 1.82) is 0 Å². The summed E-state index contributed by atoms with van der Waals surface area (Å²) in [7, 11) is 1.54. The number of halogens is 2. The Hall–Kier alpha value is -3.16. The van der Waals surface area contributed by atoms with Gasteiger partial charge in [0.05, 0.1) is 18.9 Å². The lowest BCUT2D eigenvalue weighted by molar-refractivity contribution is 0.0952. The monoisotopic (exact) mass is 566 g/mol. The van der Waals surface area contributed by atoms with Crippen molar-refractivity contribution < 1.29 is 14.3 Å². The third-order valence-corrected chi connectivity index (χ3v) is 5.98. The predicted octanol–water partition coefficient (Wildman–Crippen LogP) is 6.72. The highest BCUT2D eigenvalue weighted by Gasteiger charge is 2.13. The lowest BCUT2D eigenvalue weighted by atomic mass is 10.1. The number of carbonyl (C=O) groups is 1. The number of nitrogens with zero attached hydrogens (tertiary/aromatic N) is 1. The van der Waals surface area contributed by atoms with Crippen LogP contribution in [-0.2, 0) is 6.61 Å². The molecule has 0 aromatic heterocycles. The Balaban J connectivity index is 1.50. The van der Waals surface area contributed by atoms with Gasteiger partial charge in [0.15, 0.2) is 0 Å². The van der Waals surface area contributed by atoms with Crippen LogP contribution in [0.3, 0.4) is 0 Å². The molecule has 166 valence electrons. The van der Waals surface area contributed by atoms with E-state index in [-0.39, 0.29) is 5.91 Å². The molecule has 0 aliphatic heterocycles. The molecule has 0 saturated carbocycles. The van der Waals surface area contributed by atoms with E-state index in [4.69, 9.17) is 9.47 Å². The average Bonchev–Trinajstić information content (AvgIpc) is 2.83. The minimum atomic E-state index is -0.360. The van der Waals surface area contributed by atoms with Gasteiger partial charge in [0.1, 0.15) is 18.1 Å². The summed E-state index contributed by atoms with van der Waals surface area (Å²) >= 11 is 6.91. The number of fused-ring (bicyclic) bond motifs is 1. The summed E-state index contributed by atoms with van der Waals surface area (Å²) in [6.45, 7) is 0.413. The van der Waals surface area contributed by atoms with Gasteiger partial charge in [-0.05, 0) is 58.8 Å². The number of rotatable bonds is 7. The summed E-state index contributed by atoms with van der Waals surface area (Å²) in [6.07, 6.45) is 1.56. The van der Waals surface area contributed by atoms with Gasteiger partial charge < -0.3 is 9.47 Å². The van der Waals surface area contributed by atoms with Crippen LogP contribution >= 0.6 is 31.9 Å². The molecular weight excluding hydrogens is 548 g/mol. The zero-order valence-electron chi connectivity index (χ0n) is 17.7. The van der Waals surface area contributed by atoms with Crippen molar-refractivity contribution in [2.75, 3.05) is 7.11 Å².